The number of halogens is 6. The number of rotatable bonds is 2. The van der Waals surface area contributed by atoms with Crippen molar-refractivity contribution in [3.8, 4) is 0 Å². The Morgan fingerprint density at radius 2 is 0.789 bits per heavy atom. The molecule has 0 bridgehead atoms. The van der Waals surface area contributed by atoms with E-state index in [-0.39, 0.29) is 10.6 Å². The van der Waals surface area contributed by atoms with Crippen LogP contribution in [0.15, 0.2) is 24.3 Å². The first kappa shape index (κ1) is 13.9. The summed E-state index contributed by atoms with van der Waals surface area (Å²) >= 11 is 0. The normalized spacial score (nSPS) is 10.8. The topological polar surface area (TPSA) is 0 Å². The van der Waals surface area contributed by atoms with Crippen molar-refractivity contribution in [2.75, 3.05) is 0 Å². The maximum atomic E-state index is 12.9. The van der Waals surface area contributed by atoms with Gasteiger partial charge in [-0.05, 0) is 34.9 Å². The summed E-state index contributed by atoms with van der Waals surface area (Å²) in [4.78, 5) is 0. The van der Waals surface area contributed by atoms with E-state index in [4.69, 9.17) is 0 Å². The van der Waals surface area contributed by atoms with Crippen molar-refractivity contribution in [3.63, 3.8) is 0 Å². The van der Waals surface area contributed by atoms with Gasteiger partial charge in [-0.3, -0.25) is 0 Å². The Hall–Kier alpha value is -1.55. The summed E-state index contributed by atoms with van der Waals surface area (Å²) in [5.41, 5.74) is 0. The van der Waals surface area contributed by atoms with Crippen LogP contribution < -0.4 is 10.6 Å². The summed E-state index contributed by atoms with van der Waals surface area (Å²) in [7, 11) is -0.538. The maximum absolute atomic E-state index is 12.9. The van der Waals surface area contributed by atoms with Crippen molar-refractivity contribution in [1.29, 1.82) is 0 Å². The highest BCUT2D eigenvalue weighted by molar-refractivity contribution is 7.55. The first-order valence-electron chi connectivity index (χ1n) is 4.94. The van der Waals surface area contributed by atoms with E-state index in [2.05, 4.69) is 0 Å². The van der Waals surface area contributed by atoms with E-state index in [9.17, 15) is 26.3 Å². The molecule has 0 aliphatic carbocycles. The van der Waals surface area contributed by atoms with E-state index < -0.39 is 43.5 Å². The minimum atomic E-state index is -1.62. The summed E-state index contributed by atoms with van der Waals surface area (Å²) in [5, 5.41) is 0.00335. The molecular weight excluding hydrogens is 289 g/mol. The molecule has 0 aliphatic rings. The average molecular weight is 294 g/mol. The smallest absolute Gasteiger partial charge is 0.194 e. The second-order valence-corrected chi connectivity index (χ2v) is 5.04. The van der Waals surface area contributed by atoms with Gasteiger partial charge >= 0.3 is 0 Å². The third-order valence-corrected chi connectivity index (χ3v) is 3.41. The molecule has 19 heavy (non-hydrogen) atoms. The molecule has 7 heteroatoms. The summed E-state index contributed by atoms with van der Waals surface area (Å²) in [6, 6.07) is 2.87. The molecule has 0 heterocycles. The van der Waals surface area contributed by atoms with Gasteiger partial charge in [0.25, 0.3) is 0 Å². The van der Waals surface area contributed by atoms with Crippen molar-refractivity contribution >= 4 is 19.2 Å². The van der Waals surface area contributed by atoms with Crippen LogP contribution in [0.3, 0.4) is 0 Å². The summed E-state index contributed by atoms with van der Waals surface area (Å²) in [6.45, 7) is 0. The van der Waals surface area contributed by atoms with E-state index >= 15 is 0 Å². The largest absolute Gasteiger partial charge is 0.204 e. The van der Waals surface area contributed by atoms with Crippen molar-refractivity contribution in [2.24, 2.45) is 0 Å². The fourth-order valence-electron chi connectivity index (χ4n) is 1.42. The Morgan fingerprint density at radius 1 is 0.526 bits per heavy atom. The molecular formula is C12H5F6P. The van der Waals surface area contributed by atoms with Gasteiger partial charge in [0.05, 0.1) is 0 Å². The van der Waals surface area contributed by atoms with Crippen molar-refractivity contribution in [1.82, 2.24) is 0 Å². The van der Waals surface area contributed by atoms with Crippen LogP contribution in [0.25, 0.3) is 0 Å². The van der Waals surface area contributed by atoms with Crippen LogP contribution in [0, 0.1) is 34.9 Å². The zero-order valence-corrected chi connectivity index (χ0v) is 10.1. The summed E-state index contributed by atoms with van der Waals surface area (Å²) in [5.74, 6) is -8.83. The molecule has 2 rings (SSSR count). The van der Waals surface area contributed by atoms with Crippen molar-refractivity contribution in [2.45, 2.75) is 0 Å². The minimum absolute atomic E-state index is 0.00167. The Kier molecular flexibility index (Phi) is 3.80. The van der Waals surface area contributed by atoms with E-state index in [1.165, 1.54) is 0 Å². The molecule has 0 unspecified atom stereocenters. The molecule has 0 atom stereocenters. The number of hydrogen-bond donors (Lipinski definition) is 0. The molecule has 0 radical (unpaired) electrons. The Balaban J connectivity index is 2.36. The molecule has 0 N–H and O–H groups in total. The second-order valence-electron chi connectivity index (χ2n) is 3.63. The van der Waals surface area contributed by atoms with Gasteiger partial charge < -0.3 is 0 Å². The molecule has 0 aromatic heterocycles. The Morgan fingerprint density at radius 3 is 1.05 bits per heavy atom. The lowest BCUT2D eigenvalue weighted by Gasteiger charge is -2.05. The van der Waals surface area contributed by atoms with Crippen LogP contribution in [0.4, 0.5) is 26.3 Å². The molecule has 100 valence electrons. The molecule has 0 saturated heterocycles. The minimum Gasteiger partial charge on any atom is -0.204 e. The summed E-state index contributed by atoms with van der Waals surface area (Å²) in [6.07, 6.45) is 0. The van der Waals surface area contributed by atoms with Crippen LogP contribution in [-0.2, 0) is 0 Å². The second kappa shape index (κ2) is 5.21. The van der Waals surface area contributed by atoms with Crippen molar-refractivity contribution in [3.05, 3.63) is 59.2 Å². The lowest BCUT2D eigenvalue weighted by molar-refractivity contribution is 0.448. The van der Waals surface area contributed by atoms with Gasteiger partial charge in [0.15, 0.2) is 34.9 Å². The monoisotopic (exact) mass is 294 g/mol. The van der Waals surface area contributed by atoms with Crippen LogP contribution in [0.1, 0.15) is 0 Å². The molecule has 2 aromatic rings. The Bertz CT molecular complexity index is 539. The van der Waals surface area contributed by atoms with E-state index in [0.717, 1.165) is 24.3 Å². The van der Waals surface area contributed by atoms with Crippen LogP contribution in [0.2, 0.25) is 0 Å². The highest BCUT2D eigenvalue weighted by Gasteiger charge is 2.14. The van der Waals surface area contributed by atoms with Gasteiger partial charge in [0, 0.05) is 0 Å². The fourth-order valence-corrected chi connectivity index (χ4v) is 2.55. The quantitative estimate of drug-likeness (QED) is 0.453. The maximum Gasteiger partial charge on any atom is 0.194 e. The number of benzene rings is 2. The lowest BCUT2D eigenvalue weighted by Crippen LogP contribution is -2.09. The van der Waals surface area contributed by atoms with Crippen LogP contribution in [0.5, 0.6) is 0 Å². The molecule has 0 saturated carbocycles. The first-order chi connectivity index (χ1) is 8.88. The highest BCUT2D eigenvalue weighted by Crippen LogP contribution is 2.18. The van der Waals surface area contributed by atoms with E-state index in [1.807, 2.05) is 0 Å². The molecule has 0 aliphatic heterocycles. The zero-order valence-electron chi connectivity index (χ0n) is 9.08. The average Bonchev–Trinajstić information content (AvgIpc) is 2.33. The van der Waals surface area contributed by atoms with Gasteiger partial charge in [-0.15, -0.1) is 0 Å². The predicted octanol–water partition coefficient (Wildman–Crippen LogP) is 3.15. The number of hydrogen-bond acceptors (Lipinski definition) is 0. The molecule has 0 fully saturated rings. The molecule has 0 spiro atoms. The highest BCUT2D eigenvalue weighted by atomic mass is 31.1. The van der Waals surface area contributed by atoms with Gasteiger partial charge in [-0.2, -0.15) is 0 Å². The van der Waals surface area contributed by atoms with E-state index in [1.54, 1.807) is 0 Å². The standard InChI is InChI=1S/C12H5F6P/c13-7-1-5(2-8(14)11(7)17)19-6-3-9(15)12(18)10(16)4-6/h1-4,19H. The van der Waals surface area contributed by atoms with E-state index in [0.29, 0.717) is 0 Å². The first-order valence-corrected chi connectivity index (χ1v) is 5.94. The Labute approximate surface area is 105 Å². The third-order valence-electron chi connectivity index (χ3n) is 2.26. The SMILES string of the molecule is Fc1cc(Pc2cc(F)c(F)c(F)c2)cc(F)c1F. The van der Waals surface area contributed by atoms with Crippen molar-refractivity contribution < 1.29 is 26.3 Å². The van der Waals surface area contributed by atoms with Gasteiger partial charge in [0.2, 0.25) is 0 Å². The van der Waals surface area contributed by atoms with Gasteiger partial charge in [0.1, 0.15) is 0 Å². The van der Waals surface area contributed by atoms with Gasteiger partial charge in [-0.1, -0.05) is 8.58 Å². The lowest BCUT2D eigenvalue weighted by atomic mass is 10.3. The fraction of sp³-hybridized carbons (Fsp3) is 0. The predicted molar refractivity (Wildman–Crippen MR) is 60.2 cm³/mol. The molecule has 0 amide bonds. The zero-order chi connectivity index (χ0) is 14.2. The molecule has 2 aromatic carbocycles. The summed E-state index contributed by atoms with van der Waals surface area (Å²) < 4.78 is 77.2. The van der Waals surface area contributed by atoms with Crippen LogP contribution >= 0.6 is 8.58 Å². The van der Waals surface area contributed by atoms with Gasteiger partial charge in [-0.25, -0.2) is 26.3 Å². The third kappa shape index (κ3) is 2.89. The molecule has 0 nitrogen and oxygen atoms in total. The van der Waals surface area contributed by atoms with Crippen LogP contribution in [-0.4, -0.2) is 0 Å².